The van der Waals surface area contributed by atoms with E-state index in [1.165, 1.54) is 6.42 Å². The number of unbranched alkanes of at least 4 members (excludes halogenated alkanes) is 2. The summed E-state index contributed by atoms with van der Waals surface area (Å²) in [4.78, 5) is 13.6. The summed E-state index contributed by atoms with van der Waals surface area (Å²) in [6.07, 6.45) is 3.82. The molecule has 19 heavy (non-hydrogen) atoms. The number of nitrogens with zero attached hydrogens (tertiary/aromatic N) is 1. The van der Waals surface area contributed by atoms with Crippen molar-refractivity contribution in [2.75, 3.05) is 25.5 Å². The fourth-order valence-electron chi connectivity index (χ4n) is 1.71. The third-order valence-electron chi connectivity index (χ3n) is 2.88. The maximum absolute atomic E-state index is 11.8. The van der Waals surface area contributed by atoms with Crippen molar-refractivity contribution in [1.82, 2.24) is 4.90 Å². The lowest BCUT2D eigenvalue weighted by atomic mass is 10.2. The maximum Gasteiger partial charge on any atom is 0.225 e. The molecule has 0 spiro atoms. The first kappa shape index (κ1) is 16.0. The molecule has 0 saturated carbocycles. The number of rotatable bonds is 9. The van der Waals surface area contributed by atoms with Crippen LogP contribution in [0.1, 0.15) is 25.7 Å². The molecule has 0 saturated heterocycles. The van der Waals surface area contributed by atoms with E-state index in [2.05, 4.69) is 15.9 Å². The highest BCUT2D eigenvalue weighted by atomic mass is 79.9. The average molecular weight is 328 g/mol. The van der Waals surface area contributed by atoms with Crippen molar-refractivity contribution in [3.05, 3.63) is 30.3 Å². The van der Waals surface area contributed by atoms with Crippen molar-refractivity contribution in [3.63, 3.8) is 0 Å². The Hall–Kier alpha value is -1.03. The van der Waals surface area contributed by atoms with Gasteiger partial charge in [0.05, 0.1) is 13.0 Å². The standard InChI is InChI=1S/C15H22BrNO2/c1-17(12-7-3-6-11-16)15(18)10-13-19-14-8-4-2-5-9-14/h2,4-5,8-9H,3,6-7,10-13H2,1H3. The minimum absolute atomic E-state index is 0.148. The molecule has 0 fully saturated rings. The van der Waals surface area contributed by atoms with E-state index < -0.39 is 0 Å². The van der Waals surface area contributed by atoms with Gasteiger partial charge in [0.1, 0.15) is 5.75 Å². The Morgan fingerprint density at radius 3 is 2.63 bits per heavy atom. The quantitative estimate of drug-likeness (QED) is 0.513. The third kappa shape index (κ3) is 7.21. The van der Waals surface area contributed by atoms with Crippen molar-refractivity contribution in [3.8, 4) is 5.75 Å². The van der Waals surface area contributed by atoms with E-state index in [4.69, 9.17) is 4.74 Å². The van der Waals surface area contributed by atoms with E-state index in [-0.39, 0.29) is 5.91 Å². The lowest BCUT2D eigenvalue weighted by Gasteiger charge is -2.17. The van der Waals surface area contributed by atoms with Gasteiger partial charge < -0.3 is 9.64 Å². The molecular formula is C15H22BrNO2. The molecule has 0 bridgehead atoms. The number of alkyl halides is 1. The summed E-state index contributed by atoms with van der Waals surface area (Å²) >= 11 is 3.40. The van der Waals surface area contributed by atoms with Crippen LogP contribution in [0.3, 0.4) is 0 Å². The molecule has 0 aliphatic carbocycles. The molecule has 4 heteroatoms. The van der Waals surface area contributed by atoms with E-state index in [9.17, 15) is 4.79 Å². The Kier molecular flexibility index (Phi) is 8.30. The second-order valence-corrected chi connectivity index (χ2v) is 5.27. The van der Waals surface area contributed by atoms with E-state index in [1.807, 2.05) is 37.4 Å². The highest BCUT2D eigenvalue weighted by Gasteiger charge is 2.08. The summed E-state index contributed by atoms with van der Waals surface area (Å²) in [5.41, 5.74) is 0. The van der Waals surface area contributed by atoms with Gasteiger partial charge in [-0.25, -0.2) is 0 Å². The second-order valence-electron chi connectivity index (χ2n) is 4.48. The van der Waals surface area contributed by atoms with Crippen molar-refractivity contribution in [2.45, 2.75) is 25.7 Å². The molecule has 1 aromatic carbocycles. The molecule has 0 radical (unpaired) electrons. The summed E-state index contributed by atoms with van der Waals surface area (Å²) < 4.78 is 5.52. The van der Waals surface area contributed by atoms with Crippen LogP contribution in [0.25, 0.3) is 0 Å². The summed E-state index contributed by atoms with van der Waals surface area (Å²) in [5.74, 6) is 0.963. The van der Waals surface area contributed by atoms with Crippen LogP contribution in [0.15, 0.2) is 30.3 Å². The number of amides is 1. The molecule has 0 aliphatic rings. The largest absolute Gasteiger partial charge is 0.493 e. The Bertz CT molecular complexity index is 356. The average Bonchev–Trinajstić information content (AvgIpc) is 2.44. The lowest BCUT2D eigenvalue weighted by Crippen LogP contribution is -2.28. The summed E-state index contributed by atoms with van der Waals surface area (Å²) in [5, 5.41) is 1.04. The fourth-order valence-corrected chi connectivity index (χ4v) is 2.11. The number of carbonyl (C=O) groups is 1. The predicted molar refractivity (Wildman–Crippen MR) is 81.8 cm³/mol. The predicted octanol–water partition coefficient (Wildman–Crippen LogP) is 3.48. The Labute approximate surface area is 124 Å². The van der Waals surface area contributed by atoms with Gasteiger partial charge in [-0.05, 0) is 25.0 Å². The number of carbonyl (C=O) groups excluding carboxylic acids is 1. The molecule has 0 atom stereocenters. The minimum atomic E-state index is 0.148. The highest BCUT2D eigenvalue weighted by Crippen LogP contribution is 2.08. The molecule has 1 rings (SSSR count). The number of benzene rings is 1. The molecule has 3 nitrogen and oxygen atoms in total. The molecular weight excluding hydrogens is 306 g/mol. The second kappa shape index (κ2) is 9.84. The van der Waals surface area contributed by atoms with E-state index in [0.29, 0.717) is 13.0 Å². The number of ether oxygens (including phenoxy) is 1. The van der Waals surface area contributed by atoms with Crippen LogP contribution < -0.4 is 4.74 Å². The normalized spacial score (nSPS) is 10.2. The zero-order valence-corrected chi connectivity index (χ0v) is 13.1. The van der Waals surface area contributed by atoms with Crippen LogP contribution >= 0.6 is 15.9 Å². The van der Waals surface area contributed by atoms with Crippen LogP contribution in [0, 0.1) is 0 Å². The van der Waals surface area contributed by atoms with Gasteiger partial charge in [0, 0.05) is 18.9 Å². The zero-order valence-electron chi connectivity index (χ0n) is 11.5. The van der Waals surface area contributed by atoms with Gasteiger partial charge in [-0.1, -0.05) is 40.5 Å². The topological polar surface area (TPSA) is 29.5 Å². The van der Waals surface area contributed by atoms with E-state index in [1.54, 1.807) is 4.90 Å². The minimum Gasteiger partial charge on any atom is -0.493 e. The molecule has 0 aliphatic heterocycles. The number of halogens is 1. The third-order valence-corrected chi connectivity index (χ3v) is 3.44. The van der Waals surface area contributed by atoms with Crippen LogP contribution in [-0.4, -0.2) is 36.3 Å². The van der Waals surface area contributed by atoms with Crippen molar-refractivity contribution in [2.24, 2.45) is 0 Å². The lowest BCUT2D eigenvalue weighted by molar-refractivity contribution is -0.130. The Morgan fingerprint density at radius 1 is 1.21 bits per heavy atom. The van der Waals surface area contributed by atoms with Crippen LogP contribution in [-0.2, 0) is 4.79 Å². The van der Waals surface area contributed by atoms with Gasteiger partial charge >= 0.3 is 0 Å². The van der Waals surface area contributed by atoms with Gasteiger partial charge in [0.15, 0.2) is 0 Å². The SMILES string of the molecule is CN(CCCCCBr)C(=O)CCOc1ccccc1. The fraction of sp³-hybridized carbons (Fsp3) is 0.533. The molecule has 0 unspecified atom stereocenters. The Morgan fingerprint density at radius 2 is 1.95 bits per heavy atom. The molecule has 1 aromatic rings. The molecule has 0 heterocycles. The van der Waals surface area contributed by atoms with Gasteiger partial charge in [-0.15, -0.1) is 0 Å². The first-order chi connectivity index (χ1) is 9.24. The zero-order chi connectivity index (χ0) is 13.9. The molecule has 0 aromatic heterocycles. The maximum atomic E-state index is 11.8. The number of hydrogen-bond donors (Lipinski definition) is 0. The van der Waals surface area contributed by atoms with Crippen LogP contribution in [0.2, 0.25) is 0 Å². The Balaban J connectivity index is 2.13. The summed E-state index contributed by atoms with van der Waals surface area (Å²) in [7, 11) is 1.86. The summed E-state index contributed by atoms with van der Waals surface area (Å²) in [6.45, 7) is 1.27. The highest BCUT2D eigenvalue weighted by molar-refractivity contribution is 9.09. The smallest absolute Gasteiger partial charge is 0.225 e. The summed E-state index contributed by atoms with van der Waals surface area (Å²) in [6, 6.07) is 9.59. The molecule has 1 amide bonds. The first-order valence-corrected chi connectivity index (χ1v) is 7.84. The number of hydrogen-bond acceptors (Lipinski definition) is 2. The molecule has 106 valence electrons. The van der Waals surface area contributed by atoms with Crippen LogP contribution in [0.4, 0.5) is 0 Å². The number of para-hydroxylation sites is 1. The first-order valence-electron chi connectivity index (χ1n) is 6.72. The van der Waals surface area contributed by atoms with E-state index in [0.717, 1.165) is 30.5 Å². The van der Waals surface area contributed by atoms with Gasteiger partial charge in [0.25, 0.3) is 0 Å². The molecule has 0 N–H and O–H groups in total. The van der Waals surface area contributed by atoms with Crippen LogP contribution in [0.5, 0.6) is 5.75 Å². The van der Waals surface area contributed by atoms with E-state index >= 15 is 0 Å². The van der Waals surface area contributed by atoms with Gasteiger partial charge in [-0.3, -0.25) is 4.79 Å². The van der Waals surface area contributed by atoms with Crippen molar-refractivity contribution >= 4 is 21.8 Å². The van der Waals surface area contributed by atoms with Crippen molar-refractivity contribution < 1.29 is 9.53 Å². The monoisotopic (exact) mass is 327 g/mol. The van der Waals surface area contributed by atoms with Gasteiger partial charge in [0.2, 0.25) is 5.91 Å². The van der Waals surface area contributed by atoms with Gasteiger partial charge in [-0.2, -0.15) is 0 Å². The van der Waals surface area contributed by atoms with Crippen molar-refractivity contribution in [1.29, 1.82) is 0 Å².